The summed E-state index contributed by atoms with van der Waals surface area (Å²) < 4.78 is 0. The first-order valence-corrected chi connectivity index (χ1v) is 6.18. The molecule has 0 saturated heterocycles. The summed E-state index contributed by atoms with van der Waals surface area (Å²) in [4.78, 5) is 2.08. The van der Waals surface area contributed by atoms with Crippen molar-refractivity contribution in [2.75, 3.05) is 19.0 Å². The maximum atomic E-state index is 5.63. The van der Waals surface area contributed by atoms with E-state index in [9.17, 15) is 0 Å². The van der Waals surface area contributed by atoms with Gasteiger partial charge in [-0.3, -0.25) is 0 Å². The average molecular weight is 220 g/mol. The molecule has 0 aromatic heterocycles. The van der Waals surface area contributed by atoms with Crippen LogP contribution in [0.5, 0.6) is 0 Å². The van der Waals surface area contributed by atoms with Gasteiger partial charge in [0.1, 0.15) is 0 Å². The summed E-state index contributed by atoms with van der Waals surface area (Å²) in [5.41, 5.74) is 6.88. The Labute approximate surface area is 99.5 Å². The standard InChI is InChI=1S/C8H11N.C6H13N/c1-9(2)8-6-4-3-5-7-8;7-6-4-2-1-3-5-6/h3-7H,1-2H3;6H,1-5,7H2. The van der Waals surface area contributed by atoms with Crippen molar-refractivity contribution in [3.05, 3.63) is 30.3 Å². The molecule has 0 radical (unpaired) electrons. The number of nitrogens with zero attached hydrogens (tertiary/aromatic N) is 1. The van der Waals surface area contributed by atoms with Crippen LogP contribution in [-0.4, -0.2) is 20.1 Å². The summed E-state index contributed by atoms with van der Waals surface area (Å²) in [7, 11) is 4.07. The molecule has 1 saturated carbocycles. The molecule has 2 rings (SSSR count). The Morgan fingerprint density at radius 3 is 1.88 bits per heavy atom. The molecule has 16 heavy (non-hydrogen) atoms. The number of hydrogen-bond donors (Lipinski definition) is 1. The van der Waals surface area contributed by atoms with Gasteiger partial charge in [-0.15, -0.1) is 0 Å². The highest BCUT2D eigenvalue weighted by atomic mass is 15.1. The van der Waals surface area contributed by atoms with Gasteiger partial charge in [-0.1, -0.05) is 37.5 Å². The summed E-state index contributed by atoms with van der Waals surface area (Å²) >= 11 is 0. The fourth-order valence-corrected chi connectivity index (χ4v) is 1.86. The molecule has 90 valence electrons. The van der Waals surface area contributed by atoms with Gasteiger partial charge in [0.05, 0.1) is 0 Å². The van der Waals surface area contributed by atoms with Gasteiger partial charge in [0.15, 0.2) is 0 Å². The molecule has 1 fully saturated rings. The van der Waals surface area contributed by atoms with Gasteiger partial charge in [0.25, 0.3) is 0 Å². The Bertz CT molecular complexity index is 263. The quantitative estimate of drug-likeness (QED) is 0.788. The predicted molar refractivity (Wildman–Crippen MR) is 71.8 cm³/mol. The summed E-state index contributed by atoms with van der Waals surface area (Å²) in [5.74, 6) is 0. The third-order valence-electron chi connectivity index (χ3n) is 2.92. The second kappa shape index (κ2) is 7.29. The van der Waals surface area contributed by atoms with Gasteiger partial charge in [-0.25, -0.2) is 0 Å². The number of para-hydroxylation sites is 1. The van der Waals surface area contributed by atoms with Crippen LogP contribution < -0.4 is 10.6 Å². The van der Waals surface area contributed by atoms with Crippen molar-refractivity contribution in [2.24, 2.45) is 5.73 Å². The minimum absolute atomic E-state index is 0.536. The lowest BCUT2D eigenvalue weighted by molar-refractivity contribution is 0.441. The average Bonchev–Trinajstić information content (AvgIpc) is 2.32. The molecule has 2 N–H and O–H groups in total. The molecular formula is C14H24N2. The van der Waals surface area contributed by atoms with E-state index in [0.717, 1.165) is 0 Å². The van der Waals surface area contributed by atoms with Gasteiger partial charge in [0.2, 0.25) is 0 Å². The highest BCUT2D eigenvalue weighted by molar-refractivity contribution is 5.43. The van der Waals surface area contributed by atoms with E-state index in [1.165, 1.54) is 37.8 Å². The van der Waals surface area contributed by atoms with E-state index in [0.29, 0.717) is 6.04 Å². The normalized spacial score (nSPS) is 16.2. The molecule has 0 aliphatic heterocycles. The molecule has 0 bridgehead atoms. The number of benzene rings is 1. The molecule has 1 aliphatic rings. The van der Waals surface area contributed by atoms with E-state index < -0.39 is 0 Å². The van der Waals surface area contributed by atoms with E-state index in [1.54, 1.807) is 0 Å². The molecule has 0 amide bonds. The molecule has 0 unspecified atom stereocenters. The highest BCUT2D eigenvalue weighted by Crippen LogP contribution is 2.14. The van der Waals surface area contributed by atoms with E-state index in [-0.39, 0.29) is 0 Å². The largest absolute Gasteiger partial charge is 0.378 e. The van der Waals surface area contributed by atoms with Gasteiger partial charge in [0, 0.05) is 25.8 Å². The molecule has 1 aliphatic carbocycles. The zero-order chi connectivity index (χ0) is 11.8. The smallest absolute Gasteiger partial charge is 0.0360 e. The second-order valence-electron chi connectivity index (χ2n) is 4.63. The number of rotatable bonds is 1. The third-order valence-corrected chi connectivity index (χ3v) is 2.92. The van der Waals surface area contributed by atoms with E-state index >= 15 is 0 Å². The summed E-state index contributed by atoms with van der Waals surface area (Å²) in [6.07, 6.45) is 6.66. The van der Waals surface area contributed by atoms with Gasteiger partial charge >= 0.3 is 0 Å². The Kier molecular flexibility index (Phi) is 5.94. The third kappa shape index (κ3) is 5.17. The first-order valence-electron chi connectivity index (χ1n) is 6.18. The fraction of sp³-hybridized carbons (Fsp3) is 0.571. The SMILES string of the molecule is CN(C)c1ccccc1.NC1CCCCC1. The monoisotopic (exact) mass is 220 g/mol. The van der Waals surface area contributed by atoms with E-state index in [4.69, 9.17) is 5.73 Å². The lowest BCUT2D eigenvalue weighted by Gasteiger charge is -2.15. The maximum absolute atomic E-state index is 5.63. The lowest BCUT2D eigenvalue weighted by Crippen LogP contribution is -2.22. The van der Waals surface area contributed by atoms with Crippen LogP contribution in [0.4, 0.5) is 5.69 Å². The van der Waals surface area contributed by atoms with Crippen molar-refractivity contribution < 1.29 is 0 Å². The first-order chi connectivity index (χ1) is 7.70. The lowest BCUT2D eigenvalue weighted by atomic mass is 9.97. The van der Waals surface area contributed by atoms with Crippen molar-refractivity contribution in [3.8, 4) is 0 Å². The summed E-state index contributed by atoms with van der Waals surface area (Å²) in [6.45, 7) is 0. The van der Waals surface area contributed by atoms with Gasteiger partial charge < -0.3 is 10.6 Å². The first kappa shape index (κ1) is 13.0. The van der Waals surface area contributed by atoms with E-state index in [2.05, 4.69) is 17.0 Å². The molecule has 0 spiro atoms. The summed E-state index contributed by atoms with van der Waals surface area (Å²) in [5, 5.41) is 0. The van der Waals surface area contributed by atoms with Crippen LogP contribution in [0.1, 0.15) is 32.1 Å². The molecular weight excluding hydrogens is 196 g/mol. The van der Waals surface area contributed by atoms with Crippen molar-refractivity contribution >= 4 is 5.69 Å². The molecule has 2 nitrogen and oxygen atoms in total. The van der Waals surface area contributed by atoms with Crippen LogP contribution in [0.2, 0.25) is 0 Å². The van der Waals surface area contributed by atoms with Crippen LogP contribution in [0.15, 0.2) is 30.3 Å². The van der Waals surface area contributed by atoms with Crippen LogP contribution in [-0.2, 0) is 0 Å². The van der Waals surface area contributed by atoms with Crippen LogP contribution in [0, 0.1) is 0 Å². The van der Waals surface area contributed by atoms with Crippen molar-refractivity contribution in [3.63, 3.8) is 0 Å². The molecule has 1 aromatic carbocycles. The van der Waals surface area contributed by atoms with Crippen LogP contribution in [0.25, 0.3) is 0 Å². The zero-order valence-electron chi connectivity index (χ0n) is 10.5. The highest BCUT2D eigenvalue weighted by Gasteiger charge is 2.06. The molecule has 1 aromatic rings. The Morgan fingerprint density at radius 2 is 1.56 bits per heavy atom. The van der Waals surface area contributed by atoms with Crippen molar-refractivity contribution in [2.45, 2.75) is 38.1 Å². The van der Waals surface area contributed by atoms with Gasteiger partial charge in [-0.2, -0.15) is 0 Å². The Balaban J connectivity index is 0.000000165. The van der Waals surface area contributed by atoms with Crippen molar-refractivity contribution in [1.82, 2.24) is 0 Å². The number of nitrogens with two attached hydrogens (primary N) is 1. The van der Waals surface area contributed by atoms with E-state index in [1.807, 2.05) is 32.3 Å². The Morgan fingerprint density at radius 1 is 1.00 bits per heavy atom. The Hall–Kier alpha value is -1.02. The summed E-state index contributed by atoms with van der Waals surface area (Å²) in [6, 6.07) is 10.8. The minimum atomic E-state index is 0.536. The van der Waals surface area contributed by atoms with Crippen molar-refractivity contribution in [1.29, 1.82) is 0 Å². The zero-order valence-corrected chi connectivity index (χ0v) is 10.5. The van der Waals surface area contributed by atoms with Gasteiger partial charge in [-0.05, 0) is 25.0 Å². The predicted octanol–water partition coefficient (Wildman–Crippen LogP) is 3.03. The molecule has 0 atom stereocenters. The van der Waals surface area contributed by atoms with Crippen LogP contribution in [0.3, 0.4) is 0 Å². The molecule has 0 heterocycles. The topological polar surface area (TPSA) is 29.3 Å². The number of anilines is 1. The second-order valence-corrected chi connectivity index (χ2v) is 4.63. The minimum Gasteiger partial charge on any atom is -0.378 e. The number of hydrogen-bond acceptors (Lipinski definition) is 2. The van der Waals surface area contributed by atoms with Crippen LogP contribution >= 0.6 is 0 Å². The molecule has 2 heteroatoms. The fourth-order valence-electron chi connectivity index (χ4n) is 1.86. The maximum Gasteiger partial charge on any atom is 0.0360 e.